The molecule has 2 amide bonds. The average Bonchev–Trinajstić information content (AvgIpc) is 2.84. The van der Waals surface area contributed by atoms with Gasteiger partial charge >= 0.3 is 0 Å². The number of nitrogens with zero attached hydrogens (tertiary/aromatic N) is 1. The van der Waals surface area contributed by atoms with Gasteiger partial charge in [-0.15, -0.1) is 0 Å². The molecule has 26 heavy (non-hydrogen) atoms. The third-order valence-electron chi connectivity index (χ3n) is 3.69. The number of benzene rings is 2. The third-order valence-corrected chi connectivity index (χ3v) is 6.42. The van der Waals surface area contributed by atoms with E-state index in [-0.39, 0.29) is 17.7 Å². The van der Waals surface area contributed by atoms with Crippen LogP contribution in [0.1, 0.15) is 11.1 Å². The smallest absolute Gasteiger partial charge is 0.293 e. The minimum atomic E-state index is -0.311. The first-order valence-corrected chi connectivity index (χ1v) is 10.6. The molecule has 134 valence electrons. The molecule has 2 aromatic rings. The zero-order valence-electron chi connectivity index (χ0n) is 13.5. The summed E-state index contributed by atoms with van der Waals surface area (Å²) in [5.41, 5.74) is 1.58. The van der Waals surface area contributed by atoms with E-state index in [1.165, 1.54) is 4.90 Å². The quantitative estimate of drug-likeness (QED) is 0.416. The maximum atomic E-state index is 12.7. The van der Waals surface area contributed by atoms with Gasteiger partial charge in [0, 0.05) is 14.5 Å². The molecule has 0 aliphatic carbocycles. The summed E-state index contributed by atoms with van der Waals surface area (Å²) in [6.07, 6.45) is 1.68. The zero-order valence-corrected chi connectivity index (χ0v) is 19.0. The highest BCUT2D eigenvalue weighted by molar-refractivity contribution is 9.11. The lowest BCUT2D eigenvalue weighted by molar-refractivity contribution is -0.123. The van der Waals surface area contributed by atoms with Crippen molar-refractivity contribution in [3.63, 3.8) is 0 Å². The summed E-state index contributed by atoms with van der Waals surface area (Å²) in [7, 11) is 1.56. The van der Waals surface area contributed by atoms with Gasteiger partial charge in [-0.25, -0.2) is 0 Å². The first-order chi connectivity index (χ1) is 12.4. The SMILES string of the molecule is COc1c(Br)cc(Br)cc1/C=C1\SC(=O)N(Cc2ccccc2Br)C1=O. The minimum absolute atomic E-state index is 0.225. The molecule has 4 nitrogen and oxygen atoms in total. The van der Waals surface area contributed by atoms with Gasteiger partial charge in [-0.05, 0) is 57.5 Å². The van der Waals surface area contributed by atoms with E-state index in [0.717, 1.165) is 30.7 Å². The van der Waals surface area contributed by atoms with Gasteiger partial charge in [0.1, 0.15) is 5.75 Å². The molecule has 0 N–H and O–H groups in total. The van der Waals surface area contributed by atoms with E-state index < -0.39 is 0 Å². The van der Waals surface area contributed by atoms with Crippen molar-refractivity contribution < 1.29 is 14.3 Å². The number of ether oxygens (including phenoxy) is 1. The monoisotopic (exact) mass is 559 g/mol. The molecule has 1 aliphatic rings. The second kappa shape index (κ2) is 8.29. The number of carbonyl (C=O) groups excluding carboxylic acids is 2. The molecule has 3 rings (SSSR count). The standard InChI is InChI=1S/C18H12Br3NO3S/c1-25-16-11(6-12(19)8-14(16)21)7-15-17(23)22(18(24)26-15)9-10-4-2-3-5-13(10)20/h2-8H,9H2,1H3/b15-7-. The zero-order chi connectivity index (χ0) is 18.8. The highest BCUT2D eigenvalue weighted by atomic mass is 79.9. The molecule has 0 unspecified atom stereocenters. The Hall–Kier alpha value is -1.09. The topological polar surface area (TPSA) is 46.6 Å². The van der Waals surface area contributed by atoms with Crippen molar-refractivity contribution in [2.45, 2.75) is 6.54 Å². The van der Waals surface area contributed by atoms with Crippen LogP contribution in [0.25, 0.3) is 6.08 Å². The van der Waals surface area contributed by atoms with E-state index in [1.54, 1.807) is 13.2 Å². The maximum absolute atomic E-state index is 12.7. The van der Waals surface area contributed by atoms with E-state index >= 15 is 0 Å². The molecular formula is C18H12Br3NO3S. The number of amides is 2. The minimum Gasteiger partial charge on any atom is -0.495 e. The number of hydrogen-bond acceptors (Lipinski definition) is 4. The van der Waals surface area contributed by atoms with Gasteiger partial charge in [-0.2, -0.15) is 0 Å². The van der Waals surface area contributed by atoms with Crippen LogP contribution >= 0.6 is 59.6 Å². The molecule has 0 aromatic heterocycles. The number of rotatable bonds is 4. The van der Waals surface area contributed by atoms with E-state index in [9.17, 15) is 9.59 Å². The van der Waals surface area contributed by atoms with Crippen molar-refractivity contribution in [3.05, 3.63) is 65.8 Å². The lowest BCUT2D eigenvalue weighted by atomic mass is 10.1. The molecule has 1 aliphatic heterocycles. The fourth-order valence-corrected chi connectivity index (χ4v) is 5.14. The van der Waals surface area contributed by atoms with Crippen LogP contribution in [-0.4, -0.2) is 23.2 Å². The predicted octanol–water partition coefficient (Wildman–Crippen LogP) is 6.22. The first-order valence-electron chi connectivity index (χ1n) is 7.42. The summed E-state index contributed by atoms with van der Waals surface area (Å²) in [5, 5.41) is -0.287. The molecule has 0 radical (unpaired) electrons. The van der Waals surface area contributed by atoms with Crippen LogP contribution < -0.4 is 4.74 Å². The number of thioether (sulfide) groups is 1. The third kappa shape index (κ3) is 4.08. The van der Waals surface area contributed by atoms with Crippen LogP contribution in [0.2, 0.25) is 0 Å². The Balaban J connectivity index is 1.92. The van der Waals surface area contributed by atoms with Gasteiger partial charge in [0.15, 0.2) is 0 Å². The lowest BCUT2D eigenvalue weighted by Gasteiger charge is -2.13. The predicted molar refractivity (Wildman–Crippen MR) is 114 cm³/mol. The van der Waals surface area contributed by atoms with Crippen molar-refractivity contribution in [1.82, 2.24) is 4.90 Å². The van der Waals surface area contributed by atoms with Crippen molar-refractivity contribution in [2.75, 3.05) is 7.11 Å². The normalized spacial score (nSPS) is 15.8. The second-order valence-corrected chi connectivity index (χ2v) is 8.99. The molecule has 0 atom stereocenters. The van der Waals surface area contributed by atoms with Crippen molar-refractivity contribution in [2.24, 2.45) is 0 Å². The highest BCUT2D eigenvalue weighted by Crippen LogP contribution is 2.38. The Kier molecular flexibility index (Phi) is 6.27. The van der Waals surface area contributed by atoms with E-state index in [1.807, 2.05) is 36.4 Å². The van der Waals surface area contributed by atoms with Crippen molar-refractivity contribution in [3.8, 4) is 5.75 Å². The highest BCUT2D eigenvalue weighted by Gasteiger charge is 2.35. The van der Waals surface area contributed by atoms with E-state index in [4.69, 9.17) is 4.74 Å². The summed E-state index contributed by atoms with van der Waals surface area (Å²) < 4.78 is 7.86. The van der Waals surface area contributed by atoms with Gasteiger partial charge < -0.3 is 4.74 Å². The van der Waals surface area contributed by atoms with Gasteiger partial charge in [0.05, 0.1) is 23.0 Å². The maximum Gasteiger partial charge on any atom is 0.293 e. The number of halogens is 3. The van der Waals surface area contributed by atoms with E-state index in [2.05, 4.69) is 47.8 Å². The largest absolute Gasteiger partial charge is 0.495 e. The number of imide groups is 1. The fourth-order valence-electron chi connectivity index (χ4n) is 2.48. The summed E-state index contributed by atoms with van der Waals surface area (Å²) in [6.45, 7) is 0.225. The molecule has 1 saturated heterocycles. The van der Waals surface area contributed by atoms with Crippen molar-refractivity contribution in [1.29, 1.82) is 0 Å². The van der Waals surface area contributed by atoms with Crippen LogP contribution in [0.5, 0.6) is 5.75 Å². The van der Waals surface area contributed by atoms with Crippen molar-refractivity contribution >= 4 is 76.8 Å². The summed E-state index contributed by atoms with van der Waals surface area (Å²) in [4.78, 5) is 26.7. The summed E-state index contributed by atoms with van der Waals surface area (Å²) in [5.74, 6) is 0.291. The van der Waals surface area contributed by atoms with Crippen LogP contribution in [0.4, 0.5) is 4.79 Å². The number of methoxy groups -OCH3 is 1. The molecule has 1 fully saturated rings. The molecule has 8 heteroatoms. The molecule has 2 aromatic carbocycles. The molecule has 0 bridgehead atoms. The lowest BCUT2D eigenvalue weighted by Crippen LogP contribution is -2.27. The second-order valence-electron chi connectivity index (χ2n) is 5.37. The number of carbonyl (C=O) groups is 2. The Morgan fingerprint density at radius 3 is 2.54 bits per heavy atom. The Morgan fingerprint density at radius 2 is 1.85 bits per heavy atom. The van der Waals surface area contributed by atoms with Crippen LogP contribution in [0.3, 0.4) is 0 Å². The van der Waals surface area contributed by atoms with Gasteiger partial charge in [0.2, 0.25) is 0 Å². The van der Waals surface area contributed by atoms with Gasteiger partial charge in [-0.1, -0.05) is 50.1 Å². The Labute approximate surface area is 180 Å². The fraction of sp³-hybridized carbons (Fsp3) is 0.111. The summed E-state index contributed by atoms with van der Waals surface area (Å²) >= 11 is 11.2. The first kappa shape index (κ1) is 19.7. The van der Waals surface area contributed by atoms with Gasteiger partial charge in [-0.3, -0.25) is 14.5 Å². The van der Waals surface area contributed by atoms with Gasteiger partial charge in [0.25, 0.3) is 11.1 Å². The molecular weight excluding hydrogens is 550 g/mol. The van der Waals surface area contributed by atoms with E-state index in [0.29, 0.717) is 16.2 Å². The summed E-state index contributed by atoms with van der Waals surface area (Å²) in [6, 6.07) is 11.2. The average molecular weight is 562 g/mol. The Morgan fingerprint density at radius 1 is 1.12 bits per heavy atom. The molecule has 1 heterocycles. The van der Waals surface area contributed by atoms with Crippen LogP contribution in [0.15, 0.2) is 54.7 Å². The Bertz CT molecular complexity index is 930. The molecule has 0 saturated carbocycles. The van der Waals surface area contributed by atoms with Crippen LogP contribution in [-0.2, 0) is 11.3 Å². The number of hydrogen-bond donors (Lipinski definition) is 0. The van der Waals surface area contributed by atoms with Crippen LogP contribution in [0, 0.1) is 0 Å². The molecule has 0 spiro atoms.